The molecule has 0 heterocycles. The summed E-state index contributed by atoms with van der Waals surface area (Å²) in [5, 5.41) is 2.81. The highest BCUT2D eigenvalue weighted by molar-refractivity contribution is 5.95. The topological polar surface area (TPSA) is 77.1 Å². The first-order valence-electron chi connectivity index (χ1n) is 8.84. The summed E-state index contributed by atoms with van der Waals surface area (Å²) in [4.78, 5) is 26.1. The Kier molecular flexibility index (Phi) is 7.26. The third kappa shape index (κ3) is 4.94. The number of amides is 2. The predicted molar refractivity (Wildman–Crippen MR) is 109 cm³/mol. The minimum atomic E-state index is -0.228. The fourth-order valence-electron chi connectivity index (χ4n) is 2.90. The van der Waals surface area contributed by atoms with Crippen molar-refractivity contribution in [3.63, 3.8) is 0 Å². The monoisotopic (exact) mass is 386 g/mol. The molecule has 0 saturated heterocycles. The lowest BCUT2D eigenvalue weighted by Crippen LogP contribution is -2.32. The average molecular weight is 386 g/mol. The highest BCUT2D eigenvalue weighted by Crippen LogP contribution is 2.39. The average Bonchev–Trinajstić information content (AvgIpc) is 2.68. The number of methoxy groups -OCH3 is 3. The first-order valence-corrected chi connectivity index (χ1v) is 8.84. The maximum Gasteiger partial charge on any atom is 0.226 e. The highest BCUT2D eigenvalue weighted by Gasteiger charge is 2.17. The second-order valence-electron chi connectivity index (χ2n) is 6.17. The molecule has 7 heteroatoms. The fraction of sp³-hybridized carbons (Fsp3) is 0.333. The van der Waals surface area contributed by atoms with Gasteiger partial charge < -0.3 is 24.4 Å². The van der Waals surface area contributed by atoms with Gasteiger partial charge in [0.1, 0.15) is 0 Å². The number of carbonyl (C=O) groups is 2. The van der Waals surface area contributed by atoms with Crippen molar-refractivity contribution in [2.45, 2.75) is 20.3 Å². The van der Waals surface area contributed by atoms with Crippen molar-refractivity contribution in [3.05, 3.63) is 42.0 Å². The number of benzene rings is 2. The van der Waals surface area contributed by atoms with E-state index in [0.29, 0.717) is 22.9 Å². The van der Waals surface area contributed by atoms with Gasteiger partial charge in [-0.1, -0.05) is 18.2 Å². The molecule has 1 N–H and O–H groups in total. The Morgan fingerprint density at radius 2 is 1.61 bits per heavy atom. The number of hydrogen-bond donors (Lipinski definition) is 1. The summed E-state index contributed by atoms with van der Waals surface area (Å²) < 4.78 is 15.9. The van der Waals surface area contributed by atoms with Gasteiger partial charge in [0, 0.05) is 43.4 Å². The van der Waals surface area contributed by atoms with Gasteiger partial charge in [-0.25, -0.2) is 0 Å². The number of rotatable bonds is 8. The van der Waals surface area contributed by atoms with Crippen LogP contribution < -0.4 is 24.4 Å². The summed E-state index contributed by atoms with van der Waals surface area (Å²) in [6.07, 6.45) is 0.143. The molecule has 0 atom stereocenters. The number of aryl methyl sites for hydroxylation is 1. The van der Waals surface area contributed by atoms with Crippen molar-refractivity contribution >= 4 is 23.2 Å². The van der Waals surface area contributed by atoms with E-state index in [2.05, 4.69) is 5.32 Å². The molecule has 2 aromatic carbocycles. The zero-order valence-corrected chi connectivity index (χ0v) is 16.9. The standard InChI is InChI=1S/C21H26N2O5/c1-14-8-6-7-9-17(14)23(15(2)24)11-10-20(25)22-16-12-18(26-3)21(28-5)19(13-16)27-4/h6-9,12-13H,10-11H2,1-5H3,(H,22,25). The van der Waals surface area contributed by atoms with Gasteiger partial charge in [0.2, 0.25) is 17.6 Å². The zero-order valence-electron chi connectivity index (χ0n) is 16.9. The quantitative estimate of drug-likeness (QED) is 0.752. The lowest BCUT2D eigenvalue weighted by Gasteiger charge is -2.23. The van der Waals surface area contributed by atoms with Gasteiger partial charge in [0.15, 0.2) is 11.5 Å². The van der Waals surface area contributed by atoms with Crippen LogP contribution in [0.3, 0.4) is 0 Å². The molecule has 0 aliphatic heterocycles. The minimum absolute atomic E-state index is 0.116. The van der Waals surface area contributed by atoms with Crippen LogP contribution >= 0.6 is 0 Å². The molecule has 0 spiro atoms. The highest BCUT2D eigenvalue weighted by atomic mass is 16.5. The molecule has 150 valence electrons. The number of anilines is 2. The smallest absolute Gasteiger partial charge is 0.226 e. The van der Waals surface area contributed by atoms with E-state index in [1.165, 1.54) is 28.3 Å². The van der Waals surface area contributed by atoms with E-state index in [1.54, 1.807) is 17.0 Å². The molecule has 7 nitrogen and oxygen atoms in total. The number of hydrogen-bond acceptors (Lipinski definition) is 5. The molecule has 2 rings (SSSR count). The lowest BCUT2D eigenvalue weighted by molar-refractivity contribution is -0.117. The third-order valence-electron chi connectivity index (χ3n) is 4.30. The number of para-hydroxylation sites is 1. The van der Waals surface area contributed by atoms with Gasteiger partial charge >= 0.3 is 0 Å². The van der Waals surface area contributed by atoms with Gasteiger partial charge in [-0.05, 0) is 18.6 Å². The van der Waals surface area contributed by atoms with Gasteiger partial charge in [0.25, 0.3) is 0 Å². The van der Waals surface area contributed by atoms with Gasteiger partial charge in [-0.15, -0.1) is 0 Å². The van der Waals surface area contributed by atoms with E-state index < -0.39 is 0 Å². The molecule has 0 saturated carbocycles. The maximum absolute atomic E-state index is 12.4. The van der Waals surface area contributed by atoms with E-state index in [-0.39, 0.29) is 24.8 Å². The summed E-state index contributed by atoms with van der Waals surface area (Å²) >= 11 is 0. The Hall–Kier alpha value is -3.22. The Bertz CT molecular complexity index is 825. The fourth-order valence-corrected chi connectivity index (χ4v) is 2.90. The van der Waals surface area contributed by atoms with Crippen LogP contribution in [0, 0.1) is 6.92 Å². The molecule has 2 amide bonds. The van der Waals surface area contributed by atoms with Gasteiger partial charge in [-0.3, -0.25) is 9.59 Å². The minimum Gasteiger partial charge on any atom is -0.493 e. The summed E-state index contributed by atoms with van der Waals surface area (Å²) in [6, 6.07) is 10.9. The van der Waals surface area contributed by atoms with Crippen LogP contribution in [0.4, 0.5) is 11.4 Å². The summed E-state index contributed by atoms with van der Waals surface area (Å²) in [7, 11) is 4.53. The van der Waals surface area contributed by atoms with Crippen molar-refractivity contribution in [2.24, 2.45) is 0 Å². The van der Waals surface area contributed by atoms with E-state index in [9.17, 15) is 9.59 Å². The van der Waals surface area contributed by atoms with Crippen molar-refractivity contribution in [2.75, 3.05) is 38.1 Å². The van der Waals surface area contributed by atoms with Crippen LogP contribution in [-0.2, 0) is 9.59 Å². The summed E-state index contributed by atoms with van der Waals surface area (Å²) in [5.41, 5.74) is 2.29. The Balaban J connectivity index is 2.11. The molecule has 0 radical (unpaired) electrons. The van der Waals surface area contributed by atoms with Crippen LogP contribution in [0.1, 0.15) is 18.9 Å². The maximum atomic E-state index is 12.4. The van der Waals surface area contributed by atoms with Crippen molar-refractivity contribution in [3.8, 4) is 17.2 Å². The van der Waals surface area contributed by atoms with Crippen LogP contribution in [0.15, 0.2) is 36.4 Å². The molecule has 0 unspecified atom stereocenters. The summed E-state index contributed by atoms with van der Waals surface area (Å²) in [6.45, 7) is 3.70. The predicted octanol–water partition coefficient (Wildman–Crippen LogP) is 3.40. The largest absolute Gasteiger partial charge is 0.493 e. The molecule has 0 bridgehead atoms. The lowest BCUT2D eigenvalue weighted by atomic mass is 10.1. The molecular weight excluding hydrogens is 360 g/mol. The Morgan fingerprint density at radius 1 is 1.00 bits per heavy atom. The van der Waals surface area contributed by atoms with E-state index in [4.69, 9.17) is 14.2 Å². The Labute approximate surface area is 165 Å². The number of ether oxygens (including phenoxy) is 3. The SMILES string of the molecule is COc1cc(NC(=O)CCN(C(C)=O)c2ccccc2C)cc(OC)c1OC. The van der Waals surface area contributed by atoms with Gasteiger partial charge in [-0.2, -0.15) is 0 Å². The second-order valence-corrected chi connectivity index (χ2v) is 6.17. The van der Waals surface area contributed by atoms with E-state index in [0.717, 1.165) is 11.3 Å². The first-order chi connectivity index (χ1) is 13.4. The molecule has 0 aliphatic rings. The van der Waals surface area contributed by atoms with Crippen LogP contribution in [-0.4, -0.2) is 39.7 Å². The Morgan fingerprint density at radius 3 is 2.11 bits per heavy atom. The molecule has 0 aliphatic carbocycles. The number of carbonyl (C=O) groups excluding carboxylic acids is 2. The third-order valence-corrected chi connectivity index (χ3v) is 4.30. The van der Waals surface area contributed by atoms with Crippen LogP contribution in [0.2, 0.25) is 0 Å². The second kappa shape index (κ2) is 9.64. The molecule has 0 aromatic heterocycles. The molecular formula is C21H26N2O5. The summed E-state index contributed by atoms with van der Waals surface area (Å²) in [5.74, 6) is 0.999. The van der Waals surface area contributed by atoms with Crippen LogP contribution in [0.5, 0.6) is 17.2 Å². The van der Waals surface area contributed by atoms with E-state index in [1.807, 2.05) is 31.2 Å². The molecule has 2 aromatic rings. The zero-order chi connectivity index (χ0) is 20.7. The van der Waals surface area contributed by atoms with Crippen LogP contribution in [0.25, 0.3) is 0 Å². The first kappa shape index (κ1) is 21.1. The van der Waals surface area contributed by atoms with Crippen molar-refractivity contribution in [1.29, 1.82) is 0 Å². The van der Waals surface area contributed by atoms with Crippen molar-refractivity contribution in [1.82, 2.24) is 0 Å². The van der Waals surface area contributed by atoms with E-state index >= 15 is 0 Å². The molecule has 28 heavy (non-hydrogen) atoms. The van der Waals surface area contributed by atoms with Crippen molar-refractivity contribution < 1.29 is 23.8 Å². The molecule has 0 fully saturated rings. The number of nitrogens with zero attached hydrogens (tertiary/aromatic N) is 1. The normalized spacial score (nSPS) is 10.2. The van der Waals surface area contributed by atoms with Gasteiger partial charge in [0.05, 0.1) is 21.3 Å². The number of nitrogens with one attached hydrogen (secondary N) is 1.